The fraction of sp³-hybridized carbons (Fsp3) is 0.500. The van der Waals surface area contributed by atoms with Crippen LogP contribution >= 0.6 is 0 Å². The van der Waals surface area contributed by atoms with Crippen LogP contribution in [0.5, 0.6) is 0 Å². The number of hydrogen-bond acceptors (Lipinski definition) is 2. The number of carbonyl (C=O) groups excluding carboxylic acids is 1. The molecule has 0 radical (unpaired) electrons. The van der Waals surface area contributed by atoms with Crippen molar-refractivity contribution in [2.75, 3.05) is 0 Å². The van der Waals surface area contributed by atoms with E-state index in [1.54, 1.807) is 6.92 Å². The van der Waals surface area contributed by atoms with Crippen molar-refractivity contribution in [1.29, 1.82) is 0 Å². The molecule has 0 aromatic carbocycles. The Balaban J connectivity index is 2.89. The average Bonchev–Trinajstić information content (AvgIpc) is 2.30. The summed E-state index contributed by atoms with van der Waals surface area (Å²) in [6.45, 7) is 3.21. The van der Waals surface area contributed by atoms with Crippen molar-refractivity contribution in [3.8, 4) is 0 Å². The number of rotatable bonds is 4. The summed E-state index contributed by atoms with van der Waals surface area (Å²) in [5.41, 5.74) is -1.60. The van der Waals surface area contributed by atoms with Crippen molar-refractivity contribution in [2.45, 2.75) is 39.0 Å². The van der Waals surface area contributed by atoms with Gasteiger partial charge in [0.15, 0.2) is 0 Å². The van der Waals surface area contributed by atoms with Gasteiger partial charge in [-0.05, 0) is 19.4 Å². The third-order valence-corrected chi connectivity index (χ3v) is 2.64. The fourth-order valence-electron chi connectivity index (χ4n) is 1.40. The highest BCUT2D eigenvalue weighted by Crippen LogP contribution is 2.27. The van der Waals surface area contributed by atoms with E-state index in [2.05, 4.69) is 5.32 Å². The van der Waals surface area contributed by atoms with Crippen LogP contribution in [0.3, 0.4) is 0 Å². The smallest absolute Gasteiger partial charge is 0.352 e. The zero-order chi connectivity index (χ0) is 14.6. The SMILES string of the molecule is CCC(C)NC(=O)Cn1cc(C(F)(F)F)ccc1=O. The zero-order valence-corrected chi connectivity index (χ0v) is 10.6. The largest absolute Gasteiger partial charge is 0.417 e. The maximum Gasteiger partial charge on any atom is 0.417 e. The molecule has 19 heavy (non-hydrogen) atoms. The third-order valence-electron chi connectivity index (χ3n) is 2.64. The van der Waals surface area contributed by atoms with Crippen LogP contribution < -0.4 is 10.9 Å². The Bertz CT molecular complexity index is 508. The Morgan fingerprint density at radius 3 is 2.58 bits per heavy atom. The van der Waals surface area contributed by atoms with Gasteiger partial charge in [-0.1, -0.05) is 6.92 Å². The van der Waals surface area contributed by atoms with Crippen LogP contribution in [0.25, 0.3) is 0 Å². The molecule has 0 aliphatic carbocycles. The first-order chi connectivity index (χ1) is 8.74. The molecule has 1 unspecified atom stereocenters. The predicted octanol–water partition coefficient (Wildman–Crippen LogP) is 1.78. The maximum absolute atomic E-state index is 12.5. The van der Waals surface area contributed by atoms with E-state index in [1.807, 2.05) is 6.92 Å². The summed E-state index contributed by atoms with van der Waals surface area (Å²) in [6, 6.07) is 1.42. The number of alkyl halides is 3. The van der Waals surface area contributed by atoms with Gasteiger partial charge in [-0.3, -0.25) is 9.59 Å². The summed E-state index contributed by atoms with van der Waals surface area (Å²) in [7, 11) is 0. The lowest BCUT2D eigenvalue weighted by atomic mass is 10.2. The van der Waals surface area contributed by atoms with Crippen molar-refractivity contribution in [3.05, 3.63) is 34.2 Å². The van der Waals surface area contributed by atoms with Gasteiger partial charge < -0.3 is 9.88 Å². The lowest BCUT2D eigenvalue weighted by molar-refractivity contribution is -0.138. The third kappa shape index (κ3) is 4.42. The lowest BCUT2D eigenvalue weighted by Gasteiger charge is -2.13. The minimum atomic E-state index is -4.54. The molecule has 1 amide bonds. The van der Waals surface area contributed by atoms with Gasteiger partial charge in [-0.25, -0.2) is 0 Å². The van der Waals surface area contributed by atoms with Crippen LogP contribution in [0.2, 0.25) is 0 Å². The van der Waals surface area contributed by atoms with Crippen molar-refractivity contribution in [3.63, 3.8) is 0 Å². The number of carbonyl (C=O) groups is 1. The molecule has 0 spiro atoms. The van der Waals surface area contributed by atoms with Crippen LogP contribution in [-0.2, 0) is 17.5 Å². The first-order valence-corrected chi connectivity index (χ1v) is 5.81. The first kappa shape index (κ1) is 15.3. The molecule has 1 heterocycles. The molecule has 1 aromatic heterocycles. The number of halogens is 3. The molecule has 1 rings (SSSR count). The van der Waals surface area contributed by atoms with Gasteiger partial charge in [0, 0.05) is 18.3 Å². The summed E-state index contributed by atoms with van der Waals surface area (Å²) >= 11 is 0. The van der Waals surface area contributed by atoms with Crippen molar-refractivity contribution < 1.29 is 18.0 Å². The van der Waals surface area contributed by atoms with E-state index in [1.165, 1.54) is 0 Å². The molecule has 0 saturated heterocycles. The number of nitrogens with zero attached hydrogens (tertiary/aromatic N) is 1. The van der Waals surface area contributed by atoms with Gasteiger partial charge in [0.2, 0.25) is 5.91 Å². The quantitative estimate of drug-likeness (QED) is 0.911. The van der Waals surface area contributed by atoms with Crippen LogP contribution in [0.15, 0.2) is 23.1 Å². The van der Waals surface area contributed by atoms with Crippen molar-refractivity contribution in [2.24, 2.45) is 0 Å². The Morgan fingerprint density at radius 2 is 2.05 bits per heavy atom. The Kier molecular flexibility index (Phi) is 4.74. The maximum atomic E-state index is 12.5. The number of hydrogen-bond donors (Lipinski definition) is 1. The fourth-order valence-corrected chi connectivity index (χ4v) is 1.40. The van der Waals surface area contributed by atoms with E-state index in [-0.39, 0.29) is 6.04 Å². The van der Waals surface area contributed by atoms with Gasteiger partial charge in [0.1, 0.15) is 6.54 Å². The van der Waals surface area contributed by atoms with Gasteiger partial charge in [0.25, 0.3) is 5.56 Å². The Hall–Kier alpha value is -1.79. The molecule has 7 heteroatoms. The molecule has 106 valence electrons. The van der Waals surface area contributed by atoms with E-state index in [0.29, 0.717) is 18.7 Å². The Labute approximate surface area is 108 Å². The zero-order valence-electron chi connectivity index (χ0n) is 10.6. The highest BCUT2D eigenvalue weighted by Gasteiger charge is 2.31. The van der Waals surface area contributed by atoms with Gasteiger partial charge in [-0.15, -0.1) is 0 Å². The second-order valence-corrected chi connectivity index (χ2v) is 4.26. The summed E-state index contributed by atoms with van der Waals surface area (Å²) < 4.78 is 38.2. The van der Waals surface area contributed by atoms with Crippen LogP contribution in [-0.4, -0.2) is 16.5 Å². The number of amides is 1. The van der Waals surface area contributed by atoms with E-state index < -0.39 is 29.8 Å². The molecule has 4 nitrogen and oxygen atoms in total. The second kappa shape index (κ2) is 5.90. The number of aromatic nitrogens is 1. The summed E-state index contributed by atoms with van der Waals surface area (Å²) in [5, 5.41) is 2.58. The topological polar surface area (TPSA) is 51.1 Å². The van der Waals surface area contributed by atoms with Gasteiger partial charge >= 0.3 is 6.18 Å². The molecular weight excluding hydrogens is 261 g/mol. The lowest BCUT2D eigenvalue weighted by Crippen LogP contribution is -2.37. The van der Waals surface area contributed by atoms with Crippen LogP contribution in [0, 0.1) is 0 Å². The minimum absolute atomic E-state index is 0.0889. The van der Waals surface area contributed by atoms with Crippen LogP contribution in [0.4, 0.5) is 13.2 Å². The molecule has 0 fully saturated rings. The summed E-state index contributed by atoms with van der Waals surface area (Å²) in [5.74, 6) is -0.490. The number of pyridine rings is 1. The molecule has 0 bridgehead atoms. The standard InChI is InChI=1S/C12H15F3N2O2/c1-3-8(2)16-10(18)7-17-6-9(12(13,14)15)4-5-11(17)19/h4-6,8H,3,7H2,1-2H3,(H,16,18). The predicted molar refractivity (Wildman–Crippen MR) is 63.6 cm³/mol. The highest BCUT2D eigenvalue weighted by atomic mass is 19.4. The molecule has 0 aliphatic heterocycles. The molecular formula is C12H15F3N2O2. The van der Waals surface area contributed by atoms with Crippen molar-refractivity contribution >= 4 is 5.91 Å². The van der Waals surface area contributed by atoms with E-state index in [9.17, 15) is 22.8 Å². The second-order valence-electron chi connectivity index (χ2n) is 4.26. The monoisotopic (exact) mass is 276 g/mol. The minimum Gasteiger partial charge on any atom is -0.352 e. The summed E-state index contributed by atoms with van der Waals surface area (Å²) in [6.07, 6.45) is -3.19. The van der Waals surface area contributed by atoms with Crippen molar-refractivity contribution in [1.82, 2.24) is 9.88 Å². The summed E-state index contributed by atoms with van der Waals surface area (Å²) in [4.78, 5) is 22.9. The molecule has 1 N–H and O–H groups in total. The average molecular weight is 276 g/mol. The molecule has 0 saturated carbocycles. The molecule has 1 atom stereocenters. The van der Waals surface area contributed by atoms with Gasteiger partial charge in [0.05, 0.1) is 5.56 Å². The first-order valence-electron chi connectivity index (χ1n) is 5.81. The highest BCUT2D eigenvalue weighted by molar-refractivity contribution is 5.76. The van der Waals surface area contributed by atoms with Gasteiger partial charge in [-0.2, -0.15) is 13.2 Å². The van der Waals surface area contributed by atoms with E-state index in [4.69, 9.17) is 0 Å². The molecule has 1 aromatic rings. The van der Waals surface area contributed by atoms with Crippen LogP contribution in [0.1, 0.15) is 25.8 Å². The van der Waals surface area contributed by atoms with E-state index >= 15 is 0 Å². The Morgan fingerprint density at radius 1 is 1.42 bits per heavy atom. The number of nitrogens with one attached hydrogen (secondary N) is 1. The normalized spacial score (nSPS) is 13.1. The molecule has 0 aliphatic rings. The van der Waals surface area contributed by atoms with E-state index in [0.717, 1.165) is 10.6 Å².